The van der Waals surface area contributed by atoms with E-state index in [4.69, 9.17) is 0 Å². The summed E-state index contributed by atoms with van der Waals surface area (Å²) in [5, 5.41) is 6.58. The molecule has 28 heavy (non-hydrogen) atoms. The molecule has 154 valence electrons. The normalized spacial score (nSPS) is 11.6. The minimum Gasteiger partial charge on any atom is -0.356 e. The molecule has 0 unspecified atom stereocenters. The highest BCUT2D eigenvalue weighted by Gasteiger charge is 2.10. The van der Waals surface area contributed by atoms with E-state index in [0.717, 1.165) is 36.5 Å². The molecule has 0 saturated heterocycles. The van der Waals surface area contributed by atoms with Crippen LogP contribution in [-0.4, -0.2) is 34.2 Å². The van der Waals surface area contributed by atoms with Gasteiger partial charge in [0.2, 0.25) is 0 Å². The molecule has 0 saturated carbocycles. The molecule has 0 fully saturated rings. The summed E-state index contributed by atoms with van der Waals surface area (Å²) >= 11 is 0. The highest BCUT2D eigenvalue weighted by molar-refractivity contribution is 14.0. The third-order valence-electron chi connectivity index (χ3n) is 4.46. The molecule has 2 aromatic rings. The van der Waals surface area contributed by atoms with E-state index < -0.39 is 9.84 Å². The Bertz CT molecular complexity index is 894. The van der Waals surface area contributed by atoms with Gasteiger partial charge in [0.15, 0.2) is 15.8 Å². The second-order valence-electron chi connectivity index (χ2n) is 6.64. The monoisotopic (exact) mass is 515 g/mol. The van der Waals surface area contributed by atoms with Crippen LogP contribution >= 0.6 is 24.0 Å². The number of guanidine groups is 1. The van der Waals surface area contributed by atoms with Crippen LogP contribution in [0.3, 0.4) is 0 Å². The number of benzene rings is 2. The SMILES string of the molecule is CCc1ccc(CCNC(=NC)NCc2ccc(S(C)(=O)=O)c(C)c2)cc1.I. The van der Waals surface area contributed by atoms with E-state index in [-0.39, 0.29) is 24.0 Å². The first-order valence-corrected chi connectivity index (χ1v) is 11.0. The molecule has 0 amide bonds. The molecule has 0 aliphatic carbocycles. The van der Waals surface area contributed by atoms with Crippen molar-refractivity contribution >= 4 is 39.8 Å². The largest absolute Gasteiger partial charge is 0.356 e. The fourth-order valence-electron chi connectivity index (χ4n) is 2.91. The van der Waals surface area contributed by atoms with E-state index in [2.05, 4.69) is 46.8 Å². The Kier molecular flexibility index (Phi) is 9.95. The first-order valence-electron chi connectivity index (χ1n) is 9.15. The third kappa shape index (κ3) is 7.43. The molecule has 7 heteroatoms. The van der Waals surface area contributed by atoms with Crippen LogP contribution in [0, 0.1) is 6.92 Å². The number of hydrogen-bond acceptors (Lipinski definition) is 3. The number of halogens is 1. The van der Waals surface area contributed by atoms with Gasteiger partial charge in [-0.15, -0.1) is 24.0 Å². The standard InChI is InChI=1S/C21H29N3O2S.HI/c1-5-17-6-8-18(9-7-17)12-13-23-21(22-3)24-15-19-10-11-20(16(2)14-19)27(4,25)26;/h6-11,14H,5,12-13,15H2,1-4H3,(H2,22,23,24);1H. The van der Waals surface area contributed by atoms with Crippen molar-refractivity contribution in [2.24, 2.45) is 4.99 Å². The van der Waals surface area contributed by atoms with Gasteiger partial charge < -0.3 is 10.6 Å². The van der Waals surface area contributed by atoms with Crippen molar-refractivity contribution < 1.29 is 8.42 Å². The summed E-state index contributed by atoms with van der Waals surface area (Å²) in [7, 11) is -1.45. The van der Waals surface area contributed by atoms with Crippen LogP contribution in [0.5, 0.6) is 0 Å². The summed E-state index contributed by atoms with van der Waals surface area (Å²) in [6, 6.07) is 14.1. The molecule has 0 radical (unpaired) electrons. The molecule has 0 spiro atoms. The minimum atomic E-state index is -3.19. The molecule has 0 aliphatic heterocycles. The molecule has 2 aromatic carbocycles. The molecule has 5 nitrogen and oxygen atoms in total. The van der Waals surface area contributed by atoms with Gasteiger partial charge in [0.1, 0.15) is 0 Å². The summed E-state index contributed by atoms with van der Waals surface area (Å²) in [6.07, 6.45) is 3.21. The number of aryl methyl sites for hydroxylation is 2. The third-order valence-corrected chi connectivity index (χ3v) is 5.72. The first-order chi connectivity index (χ1) is 12.8. The molecule has 0 heterocycles. The fraction of sp³-hybridized carbons (Fsp3) is 0.381. The smallest absolute Gasteiger partial charge is 0.191 e. The van der Waals surface area contributed by atoms with Crippen LogP contribution < -0.4 is 10.6 Å². The summed E-state index contributed by atoms with van der Waals surface area (Å²) in [5.74, 6) is 0.727. The Balaban J connectivity index is 0.00000392. The lowest BCUT2D eigenvalue weighted by atomic mass is 10.1. The average molecular weight is 515 g/mol. The highest BCUT2D eigenvalue weighted by atomic mass is 127. The predicted molar refractivity (Wildman–Crippen MR) is 127 cm³/mol. The number of aliphatic imine (C=N–C) groups is 1. The summed E-state index contributed by atoms with van der Waals surface area (Å²) in [6.45, 7) is 5.34. The summed E-state index contributed by atoms with van der Waals surface area (Å²) in [5.41, 5.74) is 4.41. The predicted octanol–water partition coefficient (Wildman–Crippen LogP) is 3.49. The average Bonchev–Trinajstić information content (AvgIpc) is 2.64. The van der Waals surface area contributed by atoms with Crippen LogP contribution in [-0.2, 0) is 29.2 Å². The number of hydrogen-bond donors (Lipinski definition) is 2. The van der Waals surface area contributed by atoms with E-state index in [1.54, 1.807) is 13.1 Å². The van der Waals surface area contributed by atoms with Crippen molar-refractivity contribution in [2.45, 2.75) is 38.1 Å². The lowest BCUT2D eigenvalue weighted by Gasteiger charge is -2.13. The zero-order chi connectivity index (χ0) is 19.9. The number of nitrogens with one attached hydrogen (secondary N) is 2. The van der Waals surface area contributed by atoms with Gasteiger partial charge in [-0.25, -0.2) is 8.42 Å². The van der Waals surface area contributed by atoms with E-state index in [1.807, 2.05) is 19.1 Å². The van der Waals surface area contributed by atoms with Crippen molar-refractivity contribution in [2.75, 3.05) is 19.8 Å². The lowest BCUT2D eigenvalue weighted by Crippen LogP contribution is -2.37. The maximum atomic E-state index is 11.7. The maximum absolute atomic E-state index is 11.7. The van der Waals surface area contributed by atoms with Gasteiger partial charge in [-0.05, 0) is 48.1 Å². The van der Waals surface area contributed by atoms with Gasteiger partial charge in [-0.3, -0.25) is 4.99 Å². The Morgan fingerprint density at radius 2 is 1.61 bits per heavy atom. The summed E-state index contributed by atoms with van der Waals surface area (Å²) < 4.78 is 23.4. The number of nitrogens with zero attached hydrogens (tertiary/aromatic N) is 1. The van der Waals surface area contributed by atoms with Crippen LogP contribution in [0.1, 0.15) is 29.2 Å². The fourth-order valence-corrected chi connectivity index (χ4v) is 3.87. The maximum Gasteiger partial charge on any atom is 0.191 e. The van der Waals surface area contributed by atoms with Gasteiger partial charge in [0.25, 0.3) is 0 Å². The van der Waals surface area contributed by atoms with Gasteiger partial charge in [-0.1, -0.05) is 43.3 Å². The highest BCUT2D eigenvalue weighted by Crippen LogP contribution is 2.16. The zero-order valence-electron chi connectivity index (χ0n) is 17.0. The van der Waals surface area contributed by atoms with Crippen molar-refractivity contribution in [3.05, 3.63) is 64.7 Å². The Morgan fingerprint density at radius 3 is 2.14 bits per heavy atom. The Morgan fingerprint density at radius 1 is 1.00 bits per heavy atom. The van der Waals surface area contributed by atoms with Crippen LogP contribution in [0.2, 0.25) is 0 Å². The summed E-state index contributed by atoms with van der Waals surface area (Å²) in [4.78, 5) is 4.62. The Hall–Kier alpha value is -1.61. The second-order valence-corrected chi connectivity index (χ2v) is 8.63. The zero-order valence-corrected chi connectivity index (χ0v) is 20.1. The molecule has 2 rings (SSSR count). The minimum absolute atomic E-state index is 0. The van der Waals surface area contributed by atoms with Crippen molar-refractivity contribution in [1.82, 2.24) is 10.6 Å². The molecule has 0 bridgehead atoms. The Labute approximate surface area is 186 Å². The first kappa shape index (κ1) is 24.4. The van der Waals surface area contributed by atoms with Crippen molar-refractivity contribution in [3.63, 3.8) is 0 Å². The van der Waals surface area contributed by atoms with Gasteiger partial charge >= 0.3 is 0 Å². The molecular formula is C21H30IN3O2S. The van der Waals surface area contributed by atoms with Gasteiger partial charge in [-0.2, -0.15) is 0 Å². The lowest BCUT2D eigenvalue weighted by molar-refractivity contribution is 0.601. The van der Waals surface area contributed by atoms with Gasteiger partial charge in [0, 0.05) is 26.4 Å². The van der Waals surface area contributed by atoms with Crippen molar-refractivity contribution in [3.8, 4) is 0 Å². The topological polar surface area (TPSA) is 70.6 Å². The van der Waals surface area contributed by atoms with Crippen LogP contribution in [0.4, 0.5) is 0 Å². The van der Waals surface area contributed by atoms with Crippen LogP contribution in [0.15, 0.2) is 52.4 Å². The quantitative estimate of drug-likeness (QED) is 0.337. The van der Waals surface area contributed by atoms with E-state index in [9.17, 15) is 8.42 Å². The van der Waals surface area contributed by atoms with Crippen molar-refractivity contribution in [1.29, 1.82) is 0 Å². The van der Waals surface area contributed by atoms with E-state index in [0.29, 0.717) is 11.4 Å². The molecule has 0 aliphatic rings. The molecular weight excluding hydrogens is 485 g/mol. The van der Waals surface area contributed by atoms with Crippen LogP contribution in [0.25, 0.3) is 0 Å². The van der Waals surface area contributed by atoms with E-state index >= 15 is 0 Å². The van der Waals surface area contributed by atoms with Gasteiger partial charge in [0.05, 0.1) is 4.90 Å². The molecule has 0 atom stereocenters. The van der Waals surface area contributed by atoms with E-state index in [1.165, 1.54) is 17.4 Å². The second kappa shape index (κ2) is 11.4. The number of rotatable bonds is 7. The number of sulfone groups is 1. The molecule has 0 aromatic heterocycles. The molecule has 2 N–H and O–H groups in total.